The van der Waals surface area contributed by atoms with Gasteiger partial charge in [-0.2, -0.15) is 0 Å². The summed E-state index contributed by atoms with van der Waals surface area (Å²) < 4.78 is 5.37. The molecule has 0 aromatic rings. The van der Waals surface area contributed by atoms with Crippen molar-refractivity contribution >= 4 is 5.91 Å². The van der Waals surface area contributed by atoms with Crippen LogP contribution < -0.4 is 5.32 Å². The summed E-state index contributed by atoms with van der Waals surface area (Å²) in [5, 5.41) is 3.42. The Balaban J connectivity index is 1.90. The first-order chi connectivity index (χ1) is 8.68. The van der Waals surface area contributed by atoms with Gasteiger partial charge in [-0.25, -0.2) is 0 Å². The highest BCUT2D eigenvalue weighted by Gasteiger charge is 2.41. The van der Waals surface area contributed by atoms with Crippen molar-refractivity contribution in [3.8, 4) is 0 Å². The van der Waals surface area contributed by atoms with E-state index in [4.69, 9.17) is 4.74 Å². The molecule has 4 heteroatoms. The standard InChI is InChI=1S/C14H26N2O2/c1-3-14(7-4-8-15-14)13(17)16(2)11-12-5-9-18-10-6-12/h12,15H,3-11H2,1-2H3. The first kappa shape index (κ1) is 13.8. The Morgan fingerprint density at radius 2 is 2.17 bits per heavy atom. The molecular formula is C14H26N2O2. The molecule has 2 fully saturated rings. The normalized spacial score (nSPS) is 29.4. The number of carbonyl (C=O) groups excluding carboxylic acids is 1. The van der Waals surface area contributed by atoms with Gasteiger partial charge < -0.3 is 15.0 Å². The lowest BCUT2D eigenvalue weighted by atomic mass is 9.91. The fourth-order valence-electron chi connectivity index (χ4n) is 3.21. The number of ether oxygens (including phenoxy) is 1. The number of rotatable bonds is 4. The molecule has 4 nitrogen and oxygen atoms in total. The molecule has 2 saturated heterocycles. The van der Waals surface area contributed by atoms with Gasteiger partial charge >= 0.3 is 0 Å². The van der Waals surface area contributed by atoms with Crippen molar-refractivity contribution in [2.24, 2.45) is 5.92 Å². The molecule has 2 rings (SSSR count). The van der Waals surface area contributed by atoms with Gasteiger partial charge in [0.25, 0.3) is 0 Å². The molecule has 2 aliphatic heterocycles. The molecule has 0 spiro atoms. The van der Waals surface area contributed by atoms with E-state index in [0.717, 1.165) is 58.4 Å². The van der Waals surface area contributed by atoms with Crippen molar-refractivity contribution in [2.45, 2.75) is 44.6 Å². The maximum absolute atomic E-state index is 12.6. The van der Waals surface area contributed by atoms with Crippen LogP contribution in [0.5, 0.6) is 0 Å². The molecule has 0 bridgehead atoms. The van der Waals surface area contributed by atoms with Gasteiger partial charge in [0.15, 0.2) is 0 Å². The topological polar surface area (TPSA) is 41.6 Å². The Labute approximate surface area is 110 Å². The van der Waals surface area contributed by atoms with Crippen molar-refractivity contribution in [3.63, 3.8) is 0 Å². The Morgan fingerprint density at radius 1 is 1.44 bits per heavy atom. The van der Waals surface area contributed by atoms with E-state index in [1.807, 2.05) is 11.9 Å². The van der Waals surface area contributed by atoms with E-state index >= 15 is 0 Å². The van der Waals surface area contributed by atoms with Crippen LogP contribution in [0.4, 0.5) is 0 Å². The fourth-order valence-corrected chi connectivity index (χ4v) is 3.21. The van der Waals surface area contributed by atoms with E-state index in [-0.39, 0.29) is 11.4 Å². The van der Waals surface area contributed by atoms with Gasteiger partial charge in [-0.05, 0) is 44.6 Å². The van der Waals surface area contributed by atoms with Crippen LogP contribution in [0.2, 0.25) is 0 Å². The first-order valence-electron chi connectivity index (χ1n) is 7.26. The highest BCUT2D eigenvalue weighted by Crippen LogP contribution is 2.26. The number of likely N-dealkylation sites (N-methyl/N-ethyl adjacent to an activating group) is 1. The molecule has 2 heterocycles. The number of hydrogen-bond acceptors (Lipinski definition) is 3. The molecular weight excluding hydrogens is 228 g/mol. The van der Waals surface area contributed by atoms with Crippen LogP contribution in [0.15, 0.2) is 0 Å². The van der Waals surface area contributed by atoms with Crippen LogP contribution in [0.3, 0.4) is 0 Å². The Bertz CT molecular complexity index is 282. The lowest BCUT2D eigenvalue weighted by molar-refractivity contribution is -0.137. The van der Waals surface area contributed by atoms with Gasteiger partial charge in [-0.3, -0.25) is 4.79 Å². The minimum absolute atomic E-state index is 0.278. The highest BCUT2D eigenvalue weighted by molar-refractivity contribution is 5.86. The summed E-state index contributed by atoms with van der Waals surface area (Å²) in [5.41, 5.74) is -0.278. The number of hydrogen-bond donors (Lipinski definition) is 1. The summed E-state index contributed by atoms with van der Waals surface area (Å²) in [6.45, 7) is 5.67. The maximum Gasteiger partial charge on any atom is 0.242 e. The summed E-state index contributed by atoms with van der Waals surface area (Å²) in [6, 6.07) is 0. The molecule has 1 amide bonds. The van der Waals surface area contributed by atoms with Crippen LogP contribution in [-0.4, -0.2) is 49.7 Å². The molecule has 1 atom stereocenters. The van der Waals surface area contributed by atoms with E-state index in [0.29, 0.717) is 5.92 Å². The lowest BCUT2D eigenvalue weighted by Gasteiger charge is -2.34. The second-order valence-electron chi connectivity index (χ2n) is 5.71. The maximum atomic E-state index is 12.6. The predicted molar refractivity (Wildman–Crippen MR) is 71.4 cm³/mol. The summed E-state index contributed by atoms with van der Waals surface area (Å²) in [7, 11) is 1.95. The van der Waals surface area contributed by atoms with E-state index in [2.05, 4.69) is 12.2 Å². The SMILES string of the molecule is CCC1(C(=O)N(C)CC2CCOCC2)CCCN1. The van der Waals surface area contributed by atoms with Gasteiger partial charge in [0.1, 0.15) is 0 Å². The number of nitrogens with zero attached hydrogens (tertiary/aromatic N) is 1. The molecule has 0 saturated carbocycles. The molecule has 1 N–H and O–H groups in total. The fraction of sp³-hybridized carbons (Fsp3) is 0.929. The van der Waals surface area contributed by atoms with Crippen molar-refractivity contribution in [2.75, 3.05) is 33.4 Å². The number of nitrogens with one attached hydrogen (secondary N) is 1. The molecule has 0 aromatic carbocycles. The zero-order valence-corrected chi connectivity index (χ0v) is 11.7. The molecule has 18 heavy (non-hydrogen) atoms. The average Bonchev–Trinajstić information content (AvgIpc) is 2.89. The predicted octanol–water partition coefficient (Wildman–Crippen LogP) is 1.40. The third-order valence-corrected chi connectivity index (χ3v) is 4.48. The van der Waals surface area contributed by atoms with Crippen LogP contribution in [0.25, 0.3) is 0 Å². The van der Waals surface area contributed by atoms with Crippen molar-refractivity contribution < 1.29 is 9.53 Å². The smallest absolute Gasteiger partial charge is 0.242 e. The zero-order valence-electron chi connectivity index (χ0n) is 11.7. The second-order valence-corrected chi connectivity index (χ2v) is 5.71. The lowest BCUT2D eigenvalue weighted by Crippen LogP contribution is -2.54. The van der Waals surface area contributed by atoms with Crippen molar-refractivity contribution in [1.82, 2.24) is 10.2 Å². The zero-order chi connectivity index (χ0) is 13.0. The molecule has 1 unspecified atom stereocenters. The minimum Gasteiger partial charge on any atom is -0.381 e. The van der Waals surface area contributed by atoms with Gasteiger partial charge in [0.05, 0.1) is 5.54 Å². The van der Waals surface area contributed by atoms with Crippen LogP contribution >= 0.6 is 0 Å². The van der Waals surface area contributed by atoms with Gasteiger partial charge in [-0.15, -0.1) is 0 Å². The highest BCUT2D eigenvalue weighted by atomic mass is 16.5. The van der Waals surface area contributed by atoms with E-state index in [1.54, 1.807) is 0 Å². The summed E-state index contributed by atoms with van der Waals surface area (Å²) in [4.78, 5) is 14.5. The van der Waals surface area contributed by atoms with Gasteiger partial charge in [0, 0.05) is 26.8 Å². The van der Waals surface area contributed by atoms with Gasteiger partial charge in [0.2, 0.25) is 5.91 Å². The molecule has 0 aromatic heterocycles. The Hall–Kier alpha value is -0.610. The average molecular weight is 254 g/mol. The third-order valence-electron chi connectivity index (χ3n) is 4.48. The van der Waals surface area contributed by atoms with Gasteiger partial charge in [-0.1, -0.05) is 6.92 Å². The monoisotopic (exact) mass is 254 g/mol. The Kier molecular flexibility index (Phi) is 4.62. The van der Waals surface area contributed by atoms with Crippen LogP contribution in [0, 0.1) is 5.92 Å². The number of amides is 1. The van der Waals surface area contributed by atoms with E-state index in [9.17, 15) is 4.79 Å². The minimum atomic E-state index is -0.278. The third kappa shape index (κ3) is 2.86. The molecule has 0 aliphatic carbocycles. The summed E-state index contributed by atoms with van der Waals surface area (Å²) in [5.74, 6) is 0.900. The quantitative estimate of drug-likeness (QED) is 0.824. The largest absolute Gasteiger partial charge is 0.381 e. The van der Waals surface area contributed by atoms with Crippen molar-refractivity contribution in [3.05, 3.63) is 0 Å². The van der Waals surface area contributed by atoms with Crippen LogP contribution in [0.1, 0.15) is 39.0 Å². The van der Waals surface area contributed by atoms with Crippen molar-refractivity contribution in [1.29, 1.82) is 0 Å². The molecule has 0 radical (unpaired) electrons. The molecule has 104 valence electrons. The Morgan fingerprint density at radius 3 is 2.72 bits per heavy atom. The first-order valence-corrected chi connectivity index (χ1v) is 7.26. The second kappa shape index (κ2) is 6.02. The van der Waals surface area contributed by atoms with Crippen LogP contribution in [-0.2, 0) is 9.53 Å². The summed E-state index contributed by atoms with van der Waals surface area (Å²) in [6.07, 6.45) is 5.17. The number of carbonyl (C=O) groups is 1. The van der Waals surface area contributed by atoms with E-state index in [1.165, 1.54) is 0 Å². The molecule has 2 aliphatic rings. The summed E-state index contributed by atoms with van der Waals surface area (Å²) >= 11 is 0. The van der Waals surface area contributed by atoms with E-state index < -0.39 is 0 Å².